The third-order valence-corrected chi connectivity index (χ3v) is 9.10. The zero-order chi connectivity index (χ0) is 34.3. The number of aromatic nitrogens is 2. The number of ether oxygens (including phenoxy) is 2. The lowest BCUT2D eigenvalue weighted by Crippen LogP contribution is -2.23. The molecule has 0 saturated carbocycles. The summed E-state index contributed by atoms with van der Waals surface area (Å²) in [6.07, 6.45) is 10.2. The number of aryl methyl sites for hydroxylation is 1. The van der Waals surface area contributed by atoms with Crippen molar-refractivity contribution in [2.75, 3.05) is 43.6 Å². The maximum absolute atomic E-state index is 13.0. The van der Waals surface area contributed by atoms with E-state index in [0.29, 0.717) is 35.5 Å². The molecule has 0 saturated heterocycles. The molecule has 1 atom stereocenters. The van der Waals surface area contributed by atoms with E-state index in [9.17, 15) is 9.00 Å². The fourth-order valence-corrected chi connectivity index (χ4v) is 6.45. The van der Waals surface area contributed by atoms with Gasteiger partial charge in [0.2, 0.25) is 5.91 Å². The lowest BCUT2D eigenvalue weighted by atomic mass is 10.0. The van der Waals surface area contributed by atoms with E-state index in [0.717, 1.165) is 72.8 Å². The van der Waals surface area contributed by atoms with Gasteiger partial charge in [0.15, 0.2) is 0 Å². The highest BCUT2D eigenvalue weighted by molar-refractivity contribution is 7.84. The van der Waals surface area contributed by atoms with Crippen LogP contribution >= 0.6 is 0 Å². The molecule has 0 radical (unpaired) electrons. The molecule has 8 nitrogen and oxygen atoms in total. The molecule has 1 aromatic heterocycles. The van der Waals surface area contributed by atoms with Crippen LogP contribution in [-0.2, 0) is 32.6 Å². The van der Waals surface area contributed by atoms with Crippen molar-refractivity contribution in [3.05, 3.63) is 96.6 Å². The number of carbonyl (C=O) groups is 1. The van der Waals surface area contributed by atoms with Gasteiger partial charge in [0.1, 0.15) is 12.4 Å². The van der Waals surface area contributed by atoms with Crippen molar-refractivity contribution in [3.63, 3.8) is 0 Å². The van der Waals surface area contributed by atoms with Crippen LogP contribution in [0.4, 0.5) is 11.4 Å². The molecule has 0 bridgehead atoms. The molecule has 4 aromatic rings. The van der Waals surface area contributed by atoms with Crippen LogP contribution in [0.2, 0.25) is 0 Å². The minimum Gasteiger partial charge on any atom is -0.491 e. The standard InChI is InChI=1S/C39H50N4O4S/c1-6-8-22-46-23-24-47-36-15-9-31(10-16-36)32-11-19-38(42(5)27-30(3)4)33(25-32)12-20-39(44)41-34-13-17-37(18-14-34)48(45)28-35-26-40-29-43(35)21-7-2/h9-20,25-26,29-30H,6-8,21-24,27-28H2,1-5H3,(H,41,44)/b20-12+/t48-/m0/s1. The number of amides is 1. The molecule has 0 aliphatic heterocycles. The van der Waals surface area contributed by atoms with Gasteiger partial charge in [0, 0.05) is 55.3 Å². The molecule has 1 amide bonds. The second kappa shape index (κ2) is 19.0. The van der Waals surface area contributed by atoms with Gasteiger partial charge in [-0.3, -0.25) is 9.00 Å². The Labute approximate surface area is 288 Å². The largest absolute Gasteiger partial charge is 0.491 e. The summed E-state index contributed by atoms with van der Waals surface area (Å²) in [4.78, 5) is 20.2. The molecular formula is C39H50N4O4S. The molecule has 256 valence electrons. The van der Waals surface area contributed by atoms with Gasteiger partial charge in [-0.2, -0.15) is 0 Å². The van der Waals surface area contributed by atoms with Crippen molar-refractivity contribution in [2.45, 2.75) is 64.2 Å². The van der Waals surface area contributed by atoms with E-state index in [1.807, 2.05) is 22.8 Å². The lowest BCUT2D eigenvalue weighted by molar-refractivity contribution is -0.111. The Morgan fingerprint density at radius 2 is 1.73 bits per heavy atom. The lowest BCUT2D eigenvalue weighted by Gasteiger charge is -2.24. The molecule has 9 heteroatoms. The molecule has 3 aromatic carbocycles. The minimum absolute atomic E-state index is 0.240. The Morgan fingerprint density at radius 1 is 0.979 bits per heavy atom. The van der Waals surface area contributed by atoms with E-state index in [2.05, 4.69) is 80.3 Å². The normalized spacial score (nSPS) is 12.0. The van der Waals surface area contributed by atoms with Crippen molar-refractivity contribution >= 4 is 34.2 Å². The molecular weight excluding hydrogens is 621 g/mol. The van der Waals surface area contributed by atoms with Gasteiger partial charge in [0.05, 0.1) is 35.2 Å². The molecule has 0 aliphatic rings. The maximum Gasteiger partial charge on any atom is 0.248 e. The average molecular weight is 671 g/mol. The second-order valence-corrected chi connectivity index (χ2v) is 13.8. The van der Waals surface area contributed by atoms with E-state index in [1.54, 1.807) is 42.9 Å². The van der Waals surface area contributed by atoms with Crippen molar-refractivity contribution in [1.82, 2.24) is 9.55 Å². The third-order valence-electron chi connectivity index (χ3n) is 7.75. The predicted octanol–water partition coefficient (Wildman–Crippen LogP) is 8.21. The van der Waals surface area contributed by atoms with Gasteiger partial charge in [-0.25, -0.2) is 4.98 Å². The second-order valence-electron chi connectivity index (χ2n) is 12.3. The van der Waals surface area contributed by atoms with Gasteiger partial charge in [0.25, 0.3) is 0 Å². The first-order chi connectivity index (χ1) is 23.3. The van der Waals surface area contributed by atoms with Gasteiger partial charge < -0.3 is 24.3 Å². The number of imidazole rings is 1. The molecule has 0 spiro atoms. The summed E-state index contributed by atoms with van der Waals surface area (Å²) in [5.41, 5.74) is 5.70. The monoisotopic (exact) mass is 670 g/mol. The Hall–Kier alpha value is -4.21. The summed E-state index contributed by atoms with van der Waals surface area (Å²) in [5, 5.41) is 2.94. The number of nitrogens with one attached hydrogen (secondary N) is 1. The summed E-state index contributed by atoms with van der Waals surface area (Å²) in [6.45, 7) is 12.2. The van der Waals surface area contributed by atoms with Crippen molar-refractivity contribution in [1.29, 1.82) is 0 Å². The Kier molecular flexibility index (Phi) is 14.5. The van der Waals surface area contributed by atoms with Crippen LogP contribution in [0, 0.1) is 5.92 Å². The van der Waals surface area contributed by atoms with Gasteiger partial charge >= 0.3 is 0 Å². The Balaban J connectivity index is 1.42. The summed E-state index contributed by atoms with van der Waals surface area (Å²) < 4.78 is 26.5. The van der Waals surface area contributed by atoms with E-state index in [4.69, 9.17) is 9.47 Å². The van der Waals surface area contributed by atoms with Crippen molar-refractivity contribution in [3.8, 4) is 16.9 Å². The van der Waals surface area contributed by atoms with Crippen LogP contribution in [0.1, 0.15) is 58.2 Å². The molecule has 0 fully saturated rings. The maximum atomic E-state index is 13.0. The van der Waals surface area contributed by atoms with Crippen LogP contribution in [0.3, 0.4) is 0 Å². The Morgan fingerprint density at radius 3 is 2.44 bits per heavy atom. The summed E-state index contributed by atoms with van der Waals surface area (Å²) in [5.74, 6) is 1.44. The molecule has 48 heavy (non-hydrogen) atoms. The highest BCUT2D eigenvalue weighted by Crippen LogP contribution is 2.30. The highest BCUT2D eigenvalue weighted by Gasteiger charge is 2.12. The van der Waals surface area contributed by atoms with Crippen LogP contribution in [0.15, 0.2) is 90.2 Å². The van der Waals surface area contributed by atoms with Gasteiger partial charge in [-0.05, 0) is 90.1 Å². The number of benzene rings is 3. The minimum atomic E-state index is -1.22. The van der Waals surface area contributed by atoms with Crippen LogP contribution < -0.4 is 15.0 Å². The van der Waals surface area contributed by atoms with Crippen molar-refractivity contribution < 1.29 is 18.5 Å². The van der Waals surface area contributed by atoms with E-state index in [-0.39, 0.29) is 5.91 Å². The summed E-state index contributed by atoms with van der Waals surface area (Å²) >= 11 is 0. The smallest absolute Gasteiger partial charge is 0.248 e. The quantitative estimate of drug-likeness (QED) is 0.0800. The topological polar surface area (TPSA) is 85.7 Å². The first-order valence-electron chi connectivity index (χ1n) is 16.9. The van der Waals surface area contributed by atoms with Crippen LogP contribution in [0.25, 0.3) is 17.2 Å². The fraction of sp³-hybridized carbons (Fsp3) is 0.385. The predicted molar refractivity (Wildman–Crippen MR) is 198 cm³/mol. The number of unbranched alkanes of at least 4 members (excludes halogenated alkanes) is 1. The van der Waals surface area contributed by atoms with Gasteiger partial charge in [-0.1, -0.05) is 52.3 Å². The molecule has 1 heterocycles. The zero-order valence-corrected chi connectivity index (χ0v) is 29.8. The molecule has 0 aliphatic carbocycles. The highest BCUT2D eigenvalue weighted by atomic mass is 32.2. The van der Waals surface area contributed by atoms with Crippen LogP contribution in [-0.4, -0.2) is 53.1 Å². The first-order valence-corrected chi connectivity index (χ1v) is 18.2. The van der Waals surface area contributed by atoms with Gasteiger partial charge in [-0.15, -0.1) is 0 Å². The average Bonchev–Trinajstić information content (AvgIpc) is 3.51. The molecule has 0 unspecified atom stereocenters. The number of hydrogen-bond donors (Lipinski definition) is 1. The number of carbonyl (C=O) groups excluding carboxylic acids is 1. The number of nitrogens with zero attached hydrogens (tertiary/aromatic N) is 3. The van der Waals surface area contributed by atoms with Crippen molar-refractivity contribution in [2.24, 2.45) is 5.92 Å². The first kappa shape index (κ1) is 36.6. The fourth-order valence-electron chi connectivity index (χ4n) is 5.34. The third kappa shape index (κ3) is 11.2. The Bertz CT molecular complexity index is 1630. The zero-order valence-electron chi connectivity index (χ0n) is 29.0. The van der Waals surface area contributed by atoms with E-state index >= 15 is 0 Å². The summed E-state index contributed by atoms with van der Waals surface area (Å²) in [7, 11) is 0.862. The van der Waals surface area contributed by atoms with E-state index in [1.165, 1.54) is 0 Å². The number of hydrogen-bond acceptors (Lipinski definition) is 6. The van der Waals surface area contributed by atoms with E-state index < -0.39 is 10.8 Å². The summed E-state index contributed by atoms with van der Waals surface area (Å²) in [6, 6.07) is 21.6. The molecule has 4 rings (SSSR count). The number of rotatable bonds is 19. The number of anilines is 2. The SMILES string of the molecule is CCCCOCCOc1ccc(-c2ccc(N(C)CC(C)C)c(/C=C/C(=O)Nc3ccc([S@@](=O)Cc4cncn4CCC)cc3)c2)cc1. The van der Waals surface area contributed by atoms with Crippen LogP contribution in [0.5, 0.6) is 5.75 Å². The molecule has 1 N–H and O–H groups in total.